The summed E-state index contributed by atoms with van der Waals surface area (Å²) < 4.78 is 10.9. The van der Waals surface area contributed by atoms with Crippen molar-refractivity contribution >= 4 is 5.91 Å². The molecule has 0 radical (unpaired) electrons. The number of carbonyl (C=O) groups is 1. The molecule has 3 aliphatic heterocycles. The third-order valence-corrected chi connectivity index (χ3v) is 3.89. The minimum Gasteiger partial charge on any atom is -0.379 e. The Labute approximate surface area is 94.6 Å². The SMILES string of the molecule is NC1COCC1C(=O)NC1CC2CCC1O2. The number of hydrogen-bond acceptors (Lipinski definition) is 4. The van der Waals surface area contributed by atoms with E-state index in [1.807, 2.05) is 0 Å². The van der Waals surface area contributed by atoms with Crippen LogP contribution in [0.4, 0.5) is 0 Å². The van der Waals surface area contributed by atoms with Gasteiger partial charge in [0, 0.05) is 6.04 Å². The number of rotatable bonds is 2. The first kappa shape index (κ1) is 10.5. The summed E-state index contributed by atoms with van der Waals surface area (Å²) in [7, 11) is 0. The van der Waals surface area contributed by atoms with Crippen molar-refractivity contribution in [2.45, 2.75) is 43.6 Å². The van der Waals surface area contributed by atoms with Crippen LogP contribution in [0.3, 0.4) is 0 Å². The van der Waals surface area contributed by atoms with Crippen LogP contribution in [0.1, 0.15) is 19.3 Å². The zero-order valence-corrected chi connectivity index (χ0v) is 9.22. The molecule has 5 heteroatoms. The van der Waals surface area contributed by atoms with E-state index >= 15 is 0 Å². The summed E-state index contributed by atoms with van der Waals surface area (Å²) >= 11 is 0. The topological polar surface area (TPSA) is 73.6 Å². The molecule has 3 aliphatic rings. The van der Waals surface area contributed by atoms with E-state index in [1.165, 1.54) is 0 Å². The zero-order chi connectivity index (χ0) is 11.1. The van der Waals surface area contributed by atoms with Gasteiger partial charge in [-0.15, -0.1) is 0 Å². The molecule has 3 fully saturated rings. The second-order valence-corrected chi connectivity index (χ2v) is 5.03. The normalized spacial score (nSPS) is 46.2. The Morgan fingerprint density at radius 1 is 1.31 bits per heavy atom. The van der Waals surface area contributed by atoms with E-state index in [2.05, 4.69) is 5.32 Å². The lowest BCUT2D eigenvalue weighted by atomic mass is 9.94. The zero-order valence-electron chi connectivity index (χ0n) is 9.22. The highest BCUT2D eigenvalue weighted by molar-refractivity contribution is 5.80. The average Bonchev–Trinajstić information content (AvgIpc) is 2.92. The molecular weight excluding hydrogens is 208 g/mol. The molecule has 0 spiro atoms. The number of carbonyl (C=O) groups excluding carboxylic acids is 1. The van der Waals surface area contributed by atoms with Crippen molar-refractivity contribution in [1.82, 2.24) is 5.32 Å². The molecule has 0 aromatic heterocycles. The molecule has 0 aliphatic carbocycles. The van der Waals surface area contributed by atoms with Crippen molar-refractivity contribution in [1.29, 1.82) is 0 Å². The predicted molar refractivity (Wildman–Crippen MR) is 56.7 cm³/mol. The van der Waals surface area contributed by atoms with Gasteiger partial charge in [0.1, 0.15) is 0 Å². The van der Waals surface area contributed by atoms with Crippen molar-refractivity contribution in [2.24, 2.45) is 11.7 Å². The standard InChI is InChI=1S/C11H18N2O3/c12-8-5-15-4-7(8)11(14)13-9-3-6-1-2-10(9)16-6/h6-10H,1-5,12H2,(H,13,14). The van der Waals surface area contributed by atoms with Crippen LogP contribution in [-0.2, 0) is 14.3 Å². The lowest BCUT2D eigenvalue weighted by Crippen LogP contribution is -2.48. The molecule has 0 aromatic rings. The number of hydrogen-bond donors (Lipinski definition) is 2. The van der Waals surface area contributed by atoms with E-state index in [9.17, 15) is 4.79 Å². The van der Waals surface area contributed by atoms with E-state index in [4.69, 9.17) is 15.2 Å². The molecule has 5 atom stereocenters. The fourth-order valence-electron chi connectivity index (χ4n) is 2.92. The number of fused-ring (bicyclic) bond motifs is 2. The van der Waals surface area contributed by atoms with Gasteiger partial charge in [0.25, 0.3) is 0 Å². The first-order valence-electron chi connectivity index (χ1n) is 6.03. The maximum absolute atomic E-state index is 12.0. The Morgan fingerprint density at radius 2 is 2.19 bits per heavy atom. The van der Waals surface area contributed by atoms with Gasteiger partial charge in [0.05, 0.1) is 37.4 Å². The van der Waals surface area contributed by atoms with Gasteiger partial charge < -0.3 is 20.5 Å². The summed E-state index contributed by atoms with van der Waals surface area (Å²) in [6.07, 6.45) is 3.77. The number of amides is 1. The quantitative estimate of drug-likeness (QED) is 0.659. The van der Waals surface area contributed by atoms with Crippen molar-refractivity contribution in [3.8, 4) is 0 Å². The van der Waals surface area contributed by atoms with Crippen LogP contribution in [0, 0.1) is 5.92 Å². The van der Waals surface area contributed by atoms with Gasteiger partial charge >= 0.3 is 0 Å². The molecule has 3 saturated heterocycles. The Morgan fingerprint density at radius 3 is 2.75 bits per heavy atom. The largest absolute Gasteiger partial charge is 0.379 e. The Hall–Kier alpha value is -0.650. The number of ether oxygens (including phenoxy) is 2. The van der Waals surface area contributed by atoms with Gasteiger partial charge in [-0.2, -0.15) is 0 Å². The van der Waals surface area contributed by atoms with Crippen molar-refractivity contribution < 1.29 is 14.3 Å². The first-order chi connectivity index (χ1) is 7.74. The van der Waals surface area contributed by atoms with Gasteiger partial charge in [0.15, 0.2) is 0 Å². The van der Waals surface area contributed by atoms with Crippen LogP contribution in [0.25, 0.3) is 0 Å². The molecule has 16 heavy (non-hydrogen) atoms. The van der Waals surface area contributed by atoms with Gasteiger partial charge in [-0.05, 0) is 19.3 Å². The Bertz CT molecular complexity index is 297. The average molecular weight is 226 g/mol. The van der Waals surface area contributed by atoms with Gasteiger partial charge in [-0.3, -0.25) is 4.79 Å². The van der Waals surface area contributed by atoms with E-state index < -0.39 is 0 Å². The molecule has 5 nitrogen and oxygen atoms in total. The molecule has 5 unspecified atom stereocenters. The molecule has 2 bridgehead atoms. The summed E-state index contributed by atoms with van der Waals surface area (Å²) in [5, 5.41) is 3.06. The van der Waals surface area contributed by atoms with Crippen molar-refractivity contribution in [3.05, 3.63) is 0 Å². The van der Waals surface area contributed by atoms with Crippen LogP contribution >= 0.6 is 0 Å². The number of nitrogens with one attached hydrogen (secondary N) is 1. The van der Waals surface area contributed by atoms with E-state index in [1.54, 1.807) is 0 Å². The van der Waals surface area contributed by atoms with E-state index in [0.717, 1.165) is 19.3 Å². The van der Waals surface area contributed by atoms with Crippen LogP contribution in [-0.4, -0.2) is 43.4 Å². The second kappa shape index (κ2) is 3.98. The molecule has 90 valence electrons. The summed E-state index contributed by atoms with van der Waals surface area (Å²) in [6.45, 7) is 0.944. The number of nitrogens with two attached hydrogens (primary N) is 1. The smallest absolute Gasteiger partial charge is 0.227 e. The monoisotopic (exact) mass is 226 g/mol. The minimum absolute atomic E-state index is 0.0335. The molecule has 1 amide bonds. The molecule has 3 rings (SSSR count). The van der Waals surface area contributed by atoms with E-state index in [-0.39, 0.29) is 30.0 Å². The third-order valence-electron chi connectivity index (χ3n) is 3.89. The molecule has 0 saturated carbocycles. The lowest BCUT2D eigenvalue weighted by Gasteiger charge is -2.22. The molecule has 3 N–H and O–H groups in total. The molecule has 0 aromatic carbocycles. The summed E-state index contributed by atoms with van der Waals surface area (Å²) in [5.74, 6) is -0.148. The van der Waals surface area contributed by atoms with Crippen LogP contribution in [0.5, 0.6) is 0 Å². The van der Waals surface area contributed by atoms with Gasteiger partial charge in [0.2, 0.25) is 5.91 Å². The highest BCUT2D eigenvalue weighted by Crippen LogP contribution is 2.34. The lowest BCUT2D eigenvalue weighted by molar-refractivity contribution is -0.126. The Balaban J connectivity index is 1.56. The summed E-state index contributed by atoms with van der Waals surface area (Å²) in [5.41, 5.74) is 5.81. The summed E-state index contributed by atoms with van der Waals surface area (Å²) in [4.78, 5) is 12.0. The fourth-order valence-corrected chi connectivity index (χ4v) is 2.92. The van der Waals surface area contributed by atoms with Crippen LogP contribution < -0.4 is 11.1 Å². The van der Waals surface area contributed by atoms with Crippen LogP contribution in [0.15, 0.2) is 0 Å². The first-order valence-corrected chi connectivity index (χ1v) is 6.03. The predicted octanol–water partition coefficient (Wildman–Crippen LogP) is -0.604. The Kier molecular flexibility index (Phi) is 2.61. The van der Waals surface area contributed by atoms with Crippen molar-refractivity contribution in [2.75, 3.05) is 13.2 Å². The highest BCUT2D eigenvalue weighted by atomic mass is 16.5. The highest BCUT2D eigenvalue weighted by Gasteiger charge is 2.42. The van der Waals surface area contributed by atoms with E-state index in [0.29, 0.717) is 19.3 Å². The maximum atomic E-state index is 12.0. The van der Waals surface area contributed by atoms with Gasteiger partial charge in [-0.25, -0.2) is 0 Å². The summed E-state index contributed by atoms with van der Waals surface area (Å²) in [6, 6.07) is 0.0403. The maximum Gasteiger partial charge on any atom is 0.227 e. The molecule has 3 heterocycles. The fraction of sp³-hybridized carbons (Fsp3) is 0.909. The van der Waals surface area contributed by atoms with Gasteiger partial charge in [-0.1, -0.05) is 0 Å². The second-order valence-electron chi connectivity index (χ2n) is 5.03. The third kappa shape index (κ3) is 1.73. The van der Waals surface area contributed by atoms with Crippen molar-refractivity contribution in [3.63, 3.8) is 0 Å². The van der Waals surface area contributed by atoms with Crippen LogP contribution in [0.2, 0.25) is 0 Å². The minimum atomic E-state index is -0.181. The molecular formula is C11H18N2O3.